The maximum absolute atomic E-state index is 10.2. The van der Waals surface area contributed by atoms with Crippen LogP contribution in [0.1, 0.15) is 85.5 Å². The summed E-state index contributed by atoms with van der Waals surface area (Å²) in [4.78, 5) is 0. The highest BCUT2D eigenvalue weighted by Crippen LogP contribution is 2.68. The second kappa shape index (κ2) is 7.37. The second-order valence-corrected chi connectivity index (χ2v) is 12.0. The summed E-state index contributed by atoms with van der Waals surface area (Å²) in [6.45, 7) is 9.83. The minimum absolute atomic E-state index is 0.117. The van der Waals surface area contributed by atoms with Gasteiger partial charge in [-0.1, -0.05) is 32.4 Å². The van der Waals surface area contributed by atoms with Gasteiger partial charge in [-0.2, -0.15) is 0 Å². The summed E-state index contributed by atoms with van der Waals surface area (Å²) in [5.74, 6) is 4.52. The molecule has 0 saturated heterocycles. The van der Waals surface area contributed by atoms with Crippen molar-refractivity contribution < 1.29 is 14.9 Å². The average Bonchev–Trinajstić information content (AvgIpc) is 3.20. The van der Waals surface area contributed by atoms with Crippen LogP contribution in [0.15, 0.2) is 23.0 Å². The number of hydrogen-bond acceptors (Lipinski definition) is 3. The maximum Gasteiger partial charge on any atom is 0.106 e. The van der Waals surface area contributed by atoms with Gasteiger partial charge < -0.3 is 14.9 Å². The van der Waals surface area contributed by atoms with Gasteiger partial charge in [0.1, 0.15) is 6.10 Å². The van der Waals surface area contributed by atoms with E-state index in [0.717, 1.165) is 43.4 Å². The normalized spacial score (nSPS) is 48.3. The largest absolute Gasteiger partial charge is 0.494 e. The van der Waals surface area contributed by atoms with E-state index in [-0.39, 0.29) is 12.7 Å². The van der Waals surface area contributed by atoms with Crippen molar-refractivity contribution in [3.05, 3.63) is 23.0 Å². The molecule has 3 saturated carbocycles. The number of ether oxygens (including phenoxy) is 1. The quantitative estimate of drug-likeness (QED) is 0.587. The Morgan fingerprint density at radius 2 is 2.00 bits per heavy atom. The van der Waals surface area contributed by atoms with Gasteiger partial charge in [-0.05, 0) is 98.4 Å². The van der Waals surface area contributed by atoms with Crippen LogP contribution in [0.3, 0.4) is 0 Å². The molecule has 4 aliphatic carbocycles. The minimum Gasteiger partial charge on any atom is -0.494 e. The van der Waals surface area contributed by atoms with Crippen molar-refractivity contribution in [2.45, 2.75) is 97.7 Å². The van der Waals surface area contributed by atoms with Crippen molar-refractivity contribution in [1.82, 2.24) is 0 Å². The standard InChI is InChI=1S/C27H42O3/c1-16(15-28)5-8-23-17(2)25-24(30-23)14-22-20-7-6-18-13-19(29)9-11-26(18,3)21(20)10-12-27(22,25)4/h6,16,19-22,24-25,28-29H,5,7-15H2,1-4H3/t16-,19-,20+,21-,22-,24-,25-,26-,27-/m0/s1. The first-order valence-corrected chi connectivity index (χ1v) is 12.6. The molecular weight excluding hydrogens is 372 g/mol. The fraction of sp³-hybridized carbons (Fsp3) is 0.852. The number of rotatable bonds is 4. The van der Waals surface area contributed by atoms with Gasteiger partial charge in [-0.25, -0.2) is 0 Å². The fourth-order valence-corrected chi connectivity index (χ4v) is 8.69. The summed E-state index contributed by atoms with van der Waals surface area (Å²) >= 11 is 0. The molecule has 0 unspecified atom stereocenters. The Hall–Kier alpha value is -0.800. The monoisotopic (exact) mass is 414 g/mol. The van der Waals surface area contributed by atoms with E-state index in [2.05, 4.69) is 33.8 Å². The first-order valence-electron chi connectivity index (χ1n) is 12.6. The van der Waals surface area contributed by atoms with Gasteiger partial charge in [0.15, 0.2) is 0 Å². The molecule has 5 aliphatic rings. The molecule has 3 nitrogen and oxygen atoms in total. The molecule has 1 aliphatic heterocycles. The van der Waals surface area contributed by atoms with Gasteiger partial charge >= 0.3 is 0 Å². The molecule has 0 radical (unpaired) electrons. The lowest BCUT2D eigenvalue weighted by Crippen LogP contribution is -2.50. The van der Waals surface area contributed by atoms with Gasteiger partial charge in [0.05, 0.1) is 11.9 Å². The zero-order valence-electron chi connectivity index (χ0n) is 19.5. The molecule has 0 spiro atoms. The molecule has 5 rings (SSSR count). The van der Waals surface area contributed by atoms with Crippen molar-refractivity contribution in [2.24, 2.45) is 40.4 Å². The van der Waals surface area contributed by atoms with Crippen LogP contribution >= 0.6 is 0 Å². The summed E-state index contributed by atoms with van der Waals surface area (Å²) in [7, 11) is 0. The molecular formula is C27H42O3. The predicted molar refractivity (Wildman–Crippen MR) is 120 cm³/mol. The number of hydrogen-bond donors (Lipinski definition) is 2. The van der Waals surface area contributed by atoms with Gasteiger partial charge in [-0.15, -0.1) is 0 Å². The molecule has 0 bridgehead atoms. The SMILES string of the molecule is CC1=C(CC[C@H](C)CO)O[C@H]2C[C@H]3[C@@H]4CC=C5C[C@@H](O)CC[C@]5(C)[C@H]4CC[C@]3(C)[C@@H]12. The molecule has 2 N–H and O–H groups in total. The third kappa shape index (κ3) is 2.98. The summed E-state index contributed by atoms with van der Waals surface area (Å²) in [5, 5.41) is 19.6. The van der Waals surface area contributed by atoms with Gasteiger partial charge in [0, 0.05) is 18.9 Å². The molecule has 3 heteroatoms. The van der Waals surface area contributed by atoms with Crippen LogP contribution in [0.5, 0.6) is 0 Å². The first-order chi connectivity index (χ1) is 14.3. The van der Waals surface area contributed by atoms with Gasteiger partial charge in [-0.3, -0.25) is 0 Å². The zero-order chi connectivity index (χ0) is 21.3. The Morgan fingerprint density at radius 1 is 1.20 bits per heavy atom. The highest BCUT2D eigenvalue weighted by Gasteiger charge is 2.63. The van der Waals surface area contributed by atoms with Crippen LogP contribution < -0.4 is 0 Å². The molecule has 3 fully saturated rings. The van der Waals surface area contributed by atoms with Crippen LogP contribution in [-0.4, -0.2) is 29.0 Å². The Balaban J connectivity index is 1.38. The van der Waals surface area contributed by atoms with Crippen molar-refractivity contribution >= 4 is 0 Å². The third-order valence-corrected chi connectivity index (χ3v) is 10.5. The number of aliphatic hydroxyl groups is 2. The van der Waals surface area contributed by atoms with E-state index in [4.69, 9.17) is 4.74 Å². The predicted octanol–water partition coefficient (Wildman–Crippen LogP) is 5.62. The molecule has 1 heterocycles. The van der Waals surface area contributed by atoms with E-state index in [1.807, 2.05) is 0 Å². The summed E-state index contributed by atoms with van der Waals surface area (Å²) in [6, 6.07) is 0. The number of aliphatic hydroxyl groups excluding tert-OH is 2. The maximum atomic E-state index is 10.2. The highest BCUT2D eigenvalue weighted by molar-refractivity contribution is 5.30. The molecule has 30 heavy (non-hydrogen) atoms. The Labute approximate surface area is 183 Å². The third-order valence-electron chi connectivity index (χ3n) is 10.5. The first kappa shape index (κ1) is 21.1. The van der Waals surface area contributed by atoms with Gasteiger partial charge in [0.2, 0.25) is 0 Å². The van der Waals surface area contributed by atoms with E-state index < -0.39 is 0 Å². The lowest BCUT2D eigenvalue weighted by molar-refractivity contribution is -0.0454. The number of fused-ring (bicyclic) bond motifs is 7. The van der Waals surface area contributed by atoms with E-state index in [0.29, 0.717) is 28.8 Å². The van der Waals surface area contributed by atoms with Crippen molar-refractivity contribution in [1.29, 1.82) is 0 Å². The summed E-state index contributed by atoms with van der Waals surface area (Å²) < 4.78 is 6.62. The van der Waals surface area contributed by atoms with E-state index >= 15 is 0 Å². The average molecular weight is 415 g/mol. The van der Waals surface area contributed by atoms with Gasteiger partial charge in [0.25, 0.3) is 0 Å². The molecule has 168 valence electrons. The molecule has 0 aromatic carbocycles. The highest BCUT2D eigenvalue weighted by atomic mass is 16.5. The van der Waals surface area contributed by atoms with Crippen molar-refractivity contribution in [3.63, 3.8) is 0 Å². The second-order valence-electron chi connectivity index (χ2n) is 12.0. The van der Waals surface area contributed by atoms with E-state index in [1.54, 1.807) is 5.57 Å². The molecule has 0 amide bonds. The zero-order valence-corrected chi connectivity index (χ0v) is 19.5. The minimum atomic E-state index is -0.117. The lowest BCUT2D eigenvalue weighted by Gasteiger charge is -2.57. The fourth-order valence-electron chi connectivity index (χ4n) is 8.69. The van der Waals surface area contributed by atoms with Crippen molar-refractivity contribution in [3.8, 4) is 0 Å². The van der Waals surface area contributed by atoms with E-state index in [1.165, 1.54) is 43.4 Å². The van der Waals surface area contributed by atoms with E-state index in [9.17, 15) is 10.2 Å². The Kier molecular flexibility index (Phi) is 5.18. The smallest absolute Gasteiger partial charge is 0.106 e. The van der Waals surface area contributed by atoms with Crippen LogP contribution in [0.4, 0.5) is 0 Å². The van der Waals surface area contributed by atoms with Crippen LogP contribution in [0, 0.1) is 40.4 Å². The van der Waals surface area contributed by atoms with Crippen LogP contribution in [-0.2, 0) is 4.74 Å². The van der Waals surface area contributed by atoms with Crippen LogP contribution in [0.2, 0.25) is 0 Å². The summed E-state index contributed by atoms with van der Waals surface area (Å²) in [5.41, 5.74) is 3.78. The Morgan fingerprint density at radius 3 is 2.77 bits per heavy atom. The van der Waals surface area contributed by atoms with Crippen molar-refractivity contribution in [2.75, 3.05) is 6.61 Å². The Bertz CT molecular complexity index is 753. The molecule has 9 atom stereocenters. The van der Waals surface area contributed by atoms with Crippen LogP contribution in [0.25, 0.3) is 0 Å². The molecule has 0 aromatic rings. The topological polar surface area (TPSA) is 49.7 Å². The summed E-state index contributed by atoms with van der Waals surface area (Å²) in [6.07, 6.45) is 13.0. The number of allylic oxidation sites excluding steroid dienone is 2. The lowest BCUT2D eigenvalue weighted by atomic mass is 9.47. The molecule has 0 aromatic heterocycles.